The standard InChI is InChI=1S/C12H11N/c1-8-3-2-4-12-11(8)6-9-5-10(9)7-13-12/h2-4,6-7,10H,5H2,1H3. The molecule has 1 saturated carbocycles. The molecule has 0 saturated heterocycles. The van der Waals surface area contributed by atoms with E-state index in [0.717, 1.165) is 5.69 Å². The summed E-state index contributed by atoms with van der Waals surface area (Å²) in [5.41, 5.74) is 5.31. The molecule has 1 nitrogen and oxygen atoms in total. The number of rotatable bonds is 0. The first-order chi connectivity index (χ1) is 6.34. The summed E-state index contributed by atoms with van der Waals surface area (Å²) in [6, 6.07) is 6.30. The van der Waals surface area contributed by atoms with Gasteiger partial charge in [-0.3, -0.25) is 4.99 Å². The Labute approximate surface area is 77.8 Å². The lowest BCUT2D eigenvalue weighted by molar-refractivity contribution is 1.26. The molecule has 1 aliphatic carbocycles. The minimum Gasteiger partial charge on any atom is -0.260 e. The summed E-state index contributed by atoms with van der Waals surface area (Å²) in [6.45, 7) is 2.15. The summed E-state index contributed by atoms with van der Waals surface area (Å²) < 4.78 is 0. The van der Waals surface area contributed by atoms with Crippen LogP contribution in [-0.4, -0.2) is 6.21 Å². The second kappa shape index (κ2) is 2.32. The average Bonchev–Trinajstić information content (AvgIpc) is 2.83. The zero-order valence-electron chi connectivity index (χ0n) is 7.62. The smallest absolute Gasteiger partial charge is 0.0700 e. The fourth-order valence-electron chi connectivity index (χ4n) is 1.83. The zero-order chi connectivity index (χ0) is 8.84. The van der Waals surface area contributed by atoms with Crippen LogP contribution in [0.3, 0.4) is 0 Å². The van der Waals surface area contributed by atoms with Crippen LogP contribution in [0.25, 0.3) is 6.08 Å². The van der Waals surface area contributed by atoms with Gasteiger partial charge in [-0.15, -0.1) is 0 Å². The van der Waals surface area contributed by atoms with Crippen LogP contribution in [0.4, 0.5) is 5.69 Å². The minimum absolute atomic E-state index is 0.645. The lowest BCUT2D eigenvalue weighted by Gasteiger charge is -2.02. The van der Waals surface area contributed by atoms with Crippen molar-refractivity contribution in [2.75, 3.05) is 0 Å². The Morgan fingerprint density at radius 3 is 3.23 bits per heavy atom. The van der Waals surface area contributed by atoms with Crippen LogP contribution < -0.4 is 0 Å². The molecule has 1 aliphatic heterocycles. The highest BCUT2D eigenvalue weighted by atomic mass is 14.7. The fraction of sp³-hybridized carbons (Fsp3) is 0.250. The number of hydrogen-bond acceptors (Lipinski definition) is 1. The van der Waals surface area contributed by atoms with Crippen LogP contribution in [0.2, 0.25) is 0 Å². The molecule has 1 atom stereocenters. The Hall–Kier alpha value is -1.37. The molecule has 1 heteroatoms. The van der Waals surface area contributed by atoms with Gasteiger partial charge in [-0.25, -0.2) is 0 Å². The maximum absolute atomic E-state index is 4.49. The van der Waals surface area contributed by atoms with Crippen molar-refractivity contribution in [1.82, 2.24) is 0 Å². The predicted molar refractivity (Wildman–Crippen MR) is 55.4 cm³/mol. The van der Waals surface area contributed by atoms with Crippen molar-refractivity contribution in [3.63, 3.8) is 0 Å². The van der Waals surface area contributed by atoms with Crippen LogP contribution >= 0.6 is 0 Å². The first-order valence-corrected chi connectivity index (χ1v) is 4.69. The molecule has 0 bridgehead atoms. The summed E-state index contributed by atoms with van der Waals surface area (Å²) in [6.07, 6.45) is 5.61. The lowest BCUT2D eigenvalue weighted by atomic mass is 10.1. The van der Waals surface area contributed by atoms with Gasteiger partial charge in [0.25, 0.3) is 0 Å². The van der Waals surface area contributed by atoms with E-state index in [1.807, 2.05) is 0 Å². The highest BCUT2D eigenvalue weighted by Crippen LogP contribution is 2.42. The summed E-state index contributed by atoms with van der Waals surface area (Å²) >= 11 is 0. The van der Waals surface area contributed by atoms with Crippen molar-refractivity contribution in [3.8, 4) is 0 Å². The molecule has 0 spiro atoms. The van der Waals surface area contributed by atoms with Crippen molar-refractivity contribution in [1.29, 1.82) is 0 Å². The van der Waals surface area contributed by atoms with Gasteiger partial charge in [-0.2, -0.15) is 0 Å². The van der Waals surface area contributed by atoms with Crippen molar-refractivity contribution < 1.29 is 0 Å². The van der Waals surface area contributed by atoms with E-state index in [4.69, 9.17) is 0 Å². The molecule has 1 aromatic carbocycles. The molecule has 1 unspecified atom stereocenters. The second-order valence-electron chi connectivity index (χ2n) is 3.82. The van der Waals surface area contributed by atoms with E-state index in [0.29, 0.717) is 5.92 Å². The number of hydrogen-bond donors (Lipinski definition) is 0. The van der Waals surface area contributed by atoms with Gasteiger partial charge in [-0.1, -0.05) is 23.8 Å². The maximum Gasteiger partial charge on any atom is 0.0700 e. The SMILES string of the molecule is Cc1cccc2c1C=C1CC1C=N2. The monoisotopic (exact) mass is 169 g/mol. The van der Waals surface area contributed by atoms with Crippen LogP contribution in [0.15, 0.2) is 28.8 Å². The molecule has 0 N–H and O–H groups in total. The highest BCUT2D eigenvalue weighted by molar-refractivity contribution is 5.85. The molecule has 13 heavy (non-hydrogen) atoms. The van der Waals surface area contributed by atoms with Crippen LogP contribution in [0.1, 0.15) is 17.5 Å². The third-order valence-electron chi connectivity index (χ3n) is 2.80. The van der Waals surface area contributed by atoms with Crippen LogP contribution in [0.5, 0.6) is 0 Å². The van der Waals surface area contributed by atoms with Crippen molar-refractivity contribution >= 4 is 18.0 Å². The molecular formula is C12H11N. The van der Waals surface area contributed by atoms with E-state index in [1.54, 1.807) is 0 Å². The fourth-order valence-corrected chi connectivity index (χ4v) is 1.83. The molecule has 1 aromatic rings. The quantitative estimate of drug-likeness (QED) is 0.566. The van der Waals surface area contributed by atoms with Gasteiger partial charge in [0.2, 0.25) is 0 Å². The Bertz CT molecular complexity index is 427. The van der Waals surface area contributed by atoms with E-state index in [-0.39, 0.29) is 0 Å². The van der Waals surface area contributed by atoms with Crippen molar-refractivity contribution in [2.45, 2.75) is 13.3 Å². The number of benzene rings is 1. The predicted octanol–water partition coefficient (Wildman–Crippen LogP) is 3.11. The highest BCUT2D eigenvalue weighted by Gasteiger charge is 2.29. The van der Waals surface area contributed by atoms with Gasteiger partial charge >= 0.3 is 0 Å². The zero-order valence-corrected chi connectivity index (χ0v) is 7.62. The van der Waals surface area contributed by atoms with Gasteiger partial charge in [0.05, 0.1) is 5.69 Å². The molecular weight excluding hydrogens is 158 g/mol. The Balaban J connectivity index is 2.27. The minimum atomic E-state index is 0.645. The molecule has 3 rings (SSSR count). The first kappa shape index (κ1) is 7.07. The Morgan fingerprint density at radius 1 is 1.38 bits per heavy atom. The number of nitrogens with zero attached hydrogens (tertiary/aromatic N) is 1. The largest absolute Gasteiger partial charge is 0.260 e. The number of fused-ring (bicyclic) bond motifs is 2. The molecule has 0 aromatic heterocycles. The van der Waals surface area contributed by atoms with E-state index in [2.05, 4.69) is 42.4 Å². The first-order valence-electron chi connectivity index (χ1n) is 4.69. The molecule has 2 aliphatic rings. The van der Waals surface area contributed by atoms with Crippen molar-refractivity contribution in [2.24, 2.45) is 10.9 Å². The van der Waals surface area contributed by atoms with E-state index in [9.17, 15) is 0 Å². The topological polar surface area (TPSA) is 12.4 Å². The number of aryl methyl sites for hydroxylation is 1. The summed E-state index contributed by atoms with van der Waals surface area (Å²) in [7, 11) is 0. The summed E-state index contributed by atoms with van der Waals surface area (Å²) in [5.74, 6) is 0.645. The maximum atomic E-state index is 4.49. The molecule has 1 fully saturated rings. The summed E-state index contributed by atoms with van der Waals surface area (Å²) in [4.78, 5) is 4.49. The summed E-state index contributed by atoms with van der Waals surface area (Å²) in [5, 5.41) is 0. The molecule has 0 radical (unpaired) electrons. The van der Waals surface area contributed by atoms with E-state index >= 15 is 0 Å². The van der Waals surface area contributed by atoms with E-state index < -0.39 is 0 Å². The van der Waals surface area contributed by atoms with Gasteiger partial charge in [-0.05, 0) is 25.0 Å². The normalized spacial score (nSPS) is 22.8. The van der Waals surface area contributed by atoms with Gasteiger partial charge < -0.3 is 0 Å². The lowest BCUT2D eigenvalue weighted by Crippen LogP contribution is -1.80. The third kappa shape index (κ3) is 1.04. The van der Waals surface area contributed by atoms with Crippen molar-refractivity contribution in [3.05, 3.63) is 34.9 Å². The van der Waals surface area contributed by atoms with Crippen LogP contribution in [0, 0.1) is 12.8 Å². The van der Waals surface area contributed by atoms with E-state index in [1.165, 1.54) is 23.1 Å². The molecule has 64 valence electrons. The Morgan fingerprint density at radius 2 is 2.31 bits per heavy atom. The number of aliphatic imine (C=N–C) groups is 1. The third-order valence-corrected chi connectivity index (χ3v) is 2.80. The van der Waals surface area contributed by atoms with Gasteiger partial charge in [0.15, 0.2) is 0 Å². The molecule has 1 heterocycles. The molecule has 0 amide bonds. The second-order valence-corrected chi connectivity index (χ2v) is 3.82. The van der Waals surface area contributed by atoms with Gasteiger partial charge in [0, 0.05) is 17.7 Å². The van der Waals surface area contributed by atoms with Gasteiger partial charge in [0.1, 0.15) is 0 Å². The number of allylic oxidation sites excluding steroid dienone is 1. The Kier molecular flexibility index (Phi) is 1.26. The average molecular weight is 169 g/mol. The van der Waals surface area contributed by atoms with Crippen LogP contribution in [-0.2, 0) is 0 Å².